The molecule has 0 bridgehead atoms. The number of aromatic nitrogens is 1. The minimum Gasteiger partial charge on any atom is -0.367 e. The third kappa shape index (κ3) is 5.20. The van der Waals surface area contributed by atoms with Gasteiger partial charge in [-0.15, -0.1) is 0 Å². The van der Waals surface area contributed by atoms with Crippen LogP contribution in [0.4, 0.5) is 5.82 Å². The predicted molar refractivity (Wildman–Crippen MR) is 75.4 cm³/mol. The molecule has 2 heteroatoms. The van der Waals surface area contributed by atoms with Gasteiger partial charge >= 0.3 is 0 Å². The number of nitrogens with zero attached hydrogens (tertiary/aromatic N) is 1. The smallest absolute Gasteiger partial charge is 0.126 e. The standard InChI is InChI=1S/C13H20N2.C2H6/c1-11-7-6-10-13(14-11)15-12-8-4-2-3-5-9-12;1-2/h6-7,10,12H,2-5,8-9H2,1H3,(H,14,15);1-2H3. The Morgan fingerprint density at radius 2 is 1.71 bits per heavy atom. The Bertz CT molecular complexity index is 302. The van der Waals surface area contributed by atoms with Gasteiger partial charge in [0.25, 0.3) is 0 Å². The summed E-state index contributed by atoms with van der Waals surface area (Å²) < 4.78 is 0. The zero-order valence-electron chi connectivity index (χ0n) is 11.5. The fourth-order valence-corrected chi connectivity index (χ4v) is 2.26. The fourth-order valence-electron chi connectivity index (χ4n) is 2.26. The van der Waals surface area contributed by atoms with Crippen molar-refractivity contribution in [1.82, 2.24) is 4.98 Å². The molecule has 0 unspecified atom stereocenters. The first kappa shape index (κ1) is 14.0. The van der Waals surface area contributed by atoms with Crippen molar-refractivity contribution in [2.75, 3.05) is 5.32 Å². The first-order valence-electron chi connectivity index (χ1n) is 7.05. The van der Waals surface area contributed by atoms with E-state index >= 15 is 0 Å². The molecule has 2 nitrogen and oxygen atoms in total. The molecule has 1 heterocycles. The number of pyridine rings is 1. The molecule has 1 aliphatic carbocycles. The molecule has 0 aliphatic heterocycles. The molecule has 1 N–H and O–H groups in total. The molecule has 17 heavy (non-hydrogen) atoms. The van der Waals surface area contributed by atoms with Crippen LogP contribution in [0, 0.1) is 6.92 Å². The minimum atomic E-state index is 0.641. The molecule has 1 saturated carbocycles. The number of rotatable bonds is 2. The Morgan fingerprint density at radius 1 is 1.06 bits per heavy atom. The Kier molecular flexibility index (Phi) is 6.68. The lowest BCUT2D eigenvalue weighted by molar-refractivity contribution is 0.617. The maximum Gasteiger partial charge on any atom is 0.126 e. The molecule has 0 saturated heterocycles. The largest absolute Gasteiger partial charge is 0.367 e. The van der Waals surface area contributed by atoms with Gasteiger partial charge in [0, 0.05) is 11.7 Å². The van der Waals surface area contributed by atoms with Crippen LogP contribution < -0.4 is 5.32 Å². The molecular weight excluding hydrogens is 208 g/mol. The van der Waals surface area contributed by atoms with Crippen molar-refractivity contribution in [3.8, 4) is 0 Å². The second kappa shape index (κ2) is 8.10. The fraction of sp³-hybridized carbons (Fsp3) is 0.667. The molecule has 0 aromatic carbocycles. The molecule has 0 atom stereocenters. The SMILES string of the molecule is CC.Cc1cccc(NC2CCCCCC2)n1. The number of anilines is 1. The Balaban J connectivity index is 0.000000686. The van der Waals surface area contributed by atoms with Gasteiger partial charge in [0.15, 0.2) is 0 Å². The van der Waals surface area contributed by atoms with Crippen LogP contribution in [0.3, 0.4) is 0 Å². The number of nitrogens with one attached hydrogen (secondary N) is 1. The summed E-state index contributed by atoms with van der Waals surface area (Å²) in [6.45, 7) is 6.04. The Morgan fingerprint density at radius 3 is 2.29 bits per heavy atom. The van der Waals surface area contributed by atoms with Gasteiger partial charge in [0.1, 0.15) is 5.82 Å². The second-order valence-corrected chi connectivity index (χ2v) is 4.50. The molecule has 1 fully saturated rings. The van der Waals surface area contributed by atoms with Crippen LogP contribution in [-0.4, -0.2) is 11.0 Å². The maximum absolute atomic E-state index is 4.49. The van der Waals surface area contributed by atoms with Crippen molar-refractivity contribution in [2.24, 2.45) is 0 Å². The molecule has 0 radical (unpaired) electrons. The van der Waals surface area contributed by atoms with Crippen LogP contribution in [0.25, 0.3) is 0 Å². The first-order chi connectivity index (χ1) is 8.34. The van der Waals surface area contributed by atoms with Crippen molar-refractivity contribution in [3.63, 3.8) is 0 Å². The van der Waals surface area contributed by atoms with Gasteiger partial charge in [0.2, 0.25) is 0 Å². The van der Waals surface area contributed by atoms with Crippen LogP contribution >= 0.6 is 0 Å². The van der Waals surface area contributed by atoms with Gasteiger partial charge in [-0.05, 0) is 31.9 Å². The molecule has 1 aromatic heterocycles. The number of hydrogen-bond acceptors (Lipinski definition) is 2. The van der Waals surface area contributed by atoms with E-state index in [0.29, 0.717) is 6.04 Å². The summed E-state index contributed by atoms with van der Waals surface area (Å²) in [4.78, 5) is 4.49. The molecule has 0 spiro atoms. The lowest BCUT2D eigenvalue weighted by atomic mass is 10.1. The van der Waals surface area contributed by atoms with Gasteiger partial charge in [-0.25, -0.2) is 4.98 Å². The van der Waals surface area contributed by atoms with Crippen LogP contribution in [0.1, 0.15) is 58.1 Å². The van der Waals surface area contributed by atoms with Crippen molar-refractivity contribution in [3.05, 3.63) is 23.9 Å². The molecule has 2 rings (SSSR count). The van der Waals surface area contributed by atoms with Gasteiger partial charge in [0.05, 0.1) is 0 Å². The van der Waals surface area contributed by atoms with E-state index in [1.165, 1.54) is 38.5 Å². The summed E-state index contributed by atoms with van der Waals surface area (Å²) in [5.41, 5.74) is 1.09. The predicted octanol–water partition coefficient (Wildman–Crippen LogP) is 4.55. The van der Waals surface area contributed by atoms with Gasteiger partial charge in [-0.3, -0.25) is 0 Å². The van der Waals surface area contributed by atoms with E-state index in [1.807, 2.05) is 26.8 Å². The average molecular weight is 234 g/mol. The van der Waals surface area contributed by atoms with Gasteiger partial charge in [-0.2, -0.15) is 0 Å². The quantitative estimate of drug-likeness (QED) is 0.759. The highest BCUT2D eigenvalue weighted by atomic mass is 15.0. The minimum absolute atomic E-state index is 0.641. The van der Waals surface area contributed by atoms with Crippen LogP contribution in [-0.2, 0) is 0 Å². The van der Waals surface area contributed by atoms with Crippen LogP contribution in [0.2, 0.25) is 0 Å². The van der Waals surface area contributed by atoms with E-state index in [9.17, 15) is 0 Å². The van der Waals surface area contributed by atoms with Gasteiger partial charge < -0.3 is 5.32 Å². The van der Waals surface area contributed by atoms with Crippen LogP contribution in [0.5, 0.6) is 0 Å². The number of hydrogen-bond donors (Lipinski definition) is 1. The summed E-state index contributed by atoms with van der Waals surface area (Å²) in [6.07, 6.45) is 8.14. The maximum atomic E-state index is 4.49. The van der Waals surface area contributed by atoms with E-state index in [1.54, 1.807) is 0 Å². The highest BCUT2D eigenvalue weighted by molar-refractivity contribution is 5.36. The summed E-state index contributed by atoms with van der Waals surface area (Å²) in [7, 11) is 0. The van der Waals surface area contributed by atoms with E-state index in [0.717, 1.165) is 11.5 Å². The molecule has 1 aromatic rings. The monoisotopic (exact) mass is 234 g/mol. The Labute approximate surface area is 106 Å². The lowest BCUT2D eigenvalue weighted by Gasteiger charge is -2.16. The summed E-state index contributed by atoms with van der Waals surface area (Å²) in [5.74, 6) is 1.04. The second-order valence-electron chi connectivity index (χ2n) is 4.50. The lowest BCUT2D eigenvalue weighted by Crippen LogP contribution is -2.19. The summed E-state index contributed by atoms with van der Waals surface area (Å²) in [5, 5.41) is 3.55. The normalized spacial score (nSPS) is 16.6. The third-order valence-electron chi connectivity index (χ3n) is 3.10. The summed E-state index contributed by atoms with van der Waals surface area (Å²) in [6, 6.07) is 6.82. The summed E-state index contributed by atoms with van der Waals surface area (Å²) >= 11 is 0. The van der Waals surface area contributed by atoms with E-state index < -0.39 is 0 Å². The Hall–Kier alpha value is -1.05. The van der Waals surface area contributed by atoms with Gasteiger partial charge in [-0.1, -0.05) is 45.6 Å². The first-order valence-corrected chi connectivity index (χ1v) is 7.05. The third-order valence-corrected chi connectivity index (χ3v) is 3.10. The van der Waals surface area contributed by atoms with Crippen molar-refractivity contribution >= 4 is 5.82 Å². The van der Waals surface area contributed by atoms with Crippen molar-refractivity contribution in [2.45, 2.75) is 65.3 Å². The van der Waals surface area contributed by atoms with E-state index in [4.69, 9.17) is 0 Å². The average Bonchev–Trinajstić information content (AvgIpc) is 2.60. The topological polar surface area (TPSA) is 24.9 Å². The van der Waals surface area contributed by atoms with Crippen molar-refractivity contribution in [1.29, 1.82) is 0 Å². The van der Waals surface area contributed by atoms with Crippen molar-refractivity contribution < 1.29 is 0 Å². The molecular formula is C15H26N2. The molecule has 1 aliphatic rings. The highest BCUT2D eigenvalue weighted by Gasteiger charge is 2.11. The zero-order chi connectivity index (χ0) is 12.5. The van der Waals surface area contributed by atoms with Crippen LogP contribution in [0.15, 0.2) is 18.2 Å². The molecule has 96 valence electrons. The number of aryl methyl sites for hydroxylation is 1. The highest BCUT2D eigenvalue weighted by Crippen LogP contribution is 2.20. The molecule has 0 amide bonds. The van der Waals surface area contributed by atoms with E-state index in [-0.39, 0.29) is 0 Å². The van der Waals surface area contributed by atoms with E-state index in [2.05, 4.69) is 22.4 Å². The zero-order valence-corrected chi connectivity index (χ0v) is 11.5.